The van der Waals surface area contributed by atoms with Crippen molar-refractivity contribution in [2.45, 2.75) is 25.9 Å². The minimum atomic E-state index is 0.431. The summed E-state index contributed by atoms with van der Waals surface area (Å²) in [7, 11) is 4.16. The van der Waals surface area contributed by atoms with Gasteiger partial charge in [-0.3, -0.25) is 0 Å². The third kappa shape index (κ3) is 5.63. The van der Waals surface area contributed by atoms with Gasteiger partial charge in [0.2, 0.25) is 0 Å². The third-order valence-electron chi connectivity index (χ3n) is 3.07. The highest BCUT2D eigenvalue weighted by atomic mass is 16.5. The van der Waals surface area contributed by atoms with Crippen LogP contribution in [0, 0.1) is 0 Å². The van der Waals surface area contributed by atoms with Gasteiger partial charge < -0.3 is 15.4 Å². The van der Waals surface area contributed by atoms with Gasteiger partial charge in [-0.05, 0) is 50.7 Å². The molecule has 1 rings (SSSR count). The summed E-state index contributed by atoms with van der Waals surface area (Å²) in [5.41, 5.74) is 8.18. The number of rotatable bonds is 8. The fourth-order valence-electron chi connectivity index (χ4n) is 1.75. The molecule has 0 aromatic heterocycles. The lowest BCUT2D eigenvalue weighted by Gasteiger charge is -2.11. The highest BCUT2D eigenvalue weighted by molar-refractivity contribution is 5.24. The van der Waals surface area contributed by atoms with E-state index in [1.807, 2.05) is 0 Å². The lowest BCUT2D eigenvalue weighted by molar-refractivity contribution is 0.113. The molecule has 2 N–H and O–H groups in total. The van der Waals surface area contributed by atoms with E-state index in [0.29, 0.717) is 19.1 Å². The average molecular weight is 250 g/mol. The van der Waals surface area contributed by atoms with Crippen LogP contribution in [0.15, 0.2) is 24.3 Å². The lowest BCUT2D eigenvalue weighted by atomic mass is 10.0. The van der Waals surface area contributed by atoms with Crippen molar-refractivity contribution >= 4 is 0 Å². The van der Waals surface area contributed by atoms with Gasteiger partial charge in [0.05, 0.1) is 6.61 Å². The van der Waals surface area contributed by atoms with Gasteiger partial charge in [-0.15, -0.1) is 0 Å². The molecule has 102 valence electrons. The van der Waals surface area contributed by atoms with E-state index < -0.39 is 0 Å². The second-order valence-electron chi connectivity index (χ2n) is 5.09. The molecule has 3 heteroatoms. The number of benzene rings is 1. The van der Waals surface area contributed by atoms with Crippen molar-refractivity contribution in [3.05, 3.63) is 35.4 Å². The van der Waals surface area contributed by atoms with Crippen LogP contribution in [-0.2, 0) is 11.3 Å². The Morgan fingerprint density at radius 2 is 1.89 bits per heavy atom. The summed E-state index contributed by atoms with van der Waals surface area (Å²) in [5, 5.41) is 0. The number of nitrogens with two attached hydrogens (primary N) is 1. The molecule has 18 heavy (non-hydrogen) atoms. The van der Waals surface area contributed by atoms with Crippen LogP contribution in [0.2, 0.25) is 0 Å². The number of nitrogens with zero attached hydrogens (tertiary/aromatic N) is 1. The van der Waals surface area contributed by atoms with Crippen LogP contribution in [0.4, 0.5) is 0 Å². The molecule has 3 nitrogen and oxygen atoms in total. The van der Waals surface area contributed by atoms with E-state index in [1.165, 1.54) is 11.1 Å². The maximum Gasteiger partial charge on any atom is 0.0716 e. The maximum absolute atomic E-state index is 5.65. The van der Waals surface area contributed by atoms with Gasteiger partial charge in [-0.25, -0.2) is 0 Å². The number of hydrogen-bond donors (Lipinski definition) is 1. The Labute approximate surface area is 111 Å². The fraction of sp³-hybridized carbons (Fsp3) is 0.600. The van der Waals surface area contributed by atoms with E-state index in [4.69, 9.17) is 10.5 Å². The quantitative estimate of drug-likeness (QED) is 0.719. The zero-order chi connectivity index (χ0) is 13.4. The molecule has 1 unspecified atom stereocenters. The van der Waals surface area contributed by atoms with Crippen LogP contribution in [0.1, 0.15) is 30.4 Å². The Morgan fingerprint density at radius 3 is 2.44 bits per heavy atom. The summed E-state index contributed by atoms with van der Waals surface area (Å²) >= 11 is 0. The van der Waals surface area contributed by atoms with Gasteiger partial charge in [0, 0.05) is 6.61 Å². The van der Waals surface area contributed by atoms with E-state index in [9.17, 15) is 0 Å². The van der Waals surface area contributed by atoms with Crippen molar-refractivity contribution in [3.8, 4) is 0 Å². The molecule has 0 amide bonds. The van der Waals surface area contributed by atoms with Crippen LogP contribution in [0.3, 0.4) is 0 Å². The normalized spacial score (nSPS) is 12.9. The summed E-state index contributed by atoms with van der Waals surface area (Å²) in [6.45, 7) is 5.43. The number of hydrogen-bond acceptors (Lipinski definition) is 3. The zero-order valence-electron chi connectivity index (χ0n) is 11.9. The van der Waals surface area contributed by atoms with Gasteiger partial charge in [0.1, 0.15) is 0 Å². The average Bonchev–Trinajstić information content (AvgIpc) is 2.38. The maximum atomic E-state index is 5.65. The Kier molecular flexibility index (Phi) is 6.94. The molecule has 0 heterocycles. The molecule has 1 aromatic carbocycles. The van der Waals surface area contributed by atoms with Gasteiger partial charge >= 0.3 is 0 Å². The highest BCUT2D eigenvalue weighted by Crippen LogP contribution is 2.14. The Balaban J connectivity index is 2.27. The summed E-state index contributed by atoms with van der Waals surface area (Å²) in [4.78, 5) is 2.17. The smallest absolute Gasteiger partial charge is 0.0716 e. The Morgan fingerprint density at radius 1 is 1.22 bits per heavy atom. The Hall–Kier alpha value is -0.900. The van der Waals surface area contributed by atoms with Crippen LogP contribution >= 0.6 is 0 Å². The molecule has 0 saturated heterocycles. The minimum absolute atomic E-state index is 0.431. The monoisotopic (exact) mass is 250 g/mol. The van der Waals surface area contributed by atoms with Gasteiger partial charge in [-0.2, -0.15) is 0 Å². The predicted octanol–water partition coefficient (Wildman–Crippen LogP) is 2.22. The van der Waals surface area contributed by atoms with Crippen molar-refractivity contribution in [2.24, 2.45) is 5.73 Å². The summed E-state index contributed by atoms with van der Waals surface area (Å²) in [6, 6.07) is 8.56. The predicted molar refractivity (Wildman–Crippen MR) is 76.7 cm³/mol. The van der Waals surface area contributed by atoms with E-state index >= 15 is 0 Å². The van der Waals surface area contributed by atoms with E-state index in [-0.39, 0.29) is 0 Å². The molecule has 0 saturated carbocycles. The van der Waals surface area contributed by atoms with E-state index in [2.05, 4.69) is 50.2 Å². The van der Waals surface area contributed by atoms with Crippen LogP contribution in [0.25, 0.3) is 0 Å². The third-order valence-corrected chi connectivity index (χ3v) is 3.07. The number of ether oxygens (including phenoxy) is 1. The van der Waals surface area contributed by atoms with Gasteiger partial charge in [0.25, 0.3) is 0 Å². The van der Waals surface area contributed by atoms with Crippen molar-refractivity contribution in [2.75, 3.05) is 33.8 Å². The SMILES string of the molecule is CC(CN)c1ccc(COCCCN(C)C)cc1. The van der Waals surface area contributed by atoms with Crippen molar-refractivity contribution in [3.63, 3.8) is 0 Å². The van der Waals surface area contributed by atoms with Crippen molar-refractivity contribution < 1.29 is 4.74 Å². The van der Waals surface area contributed by atoms with Crippen LogP contribution in [-0.4, -0.2) is 38.7 Å². The van der Waals surface area contributed by atoms with Crippen LogP contribution < -0.4 is 5.73 Å². The molecule has 0 radical (unpaired) electrons. The first-order valence-electron chi connectivity index (χ1n) is 6.65. The second kappa shape index (κ2) is 8.25. The molecule has 1 aromatic rings. The van der Waals surface area contributed by atoms with E-state index in [1.54, 1.807) is 0 Å². The summed E-state index contributed by atoms with van der Waals surface area (Å²) in [6.07, 6.45) is 1.08. The Bertz CT molecular complexity index is 322. The first-order chi connectivity index (χ1) is 8.63. The van der Waals surface area contributed by atoms with Crippen molar-refractivity contribution in [1.82, 2.24) is 4.90 Å². The van der Waals surface area contributed by atoms with Gasteiger partial charge in [-0.1, -0.05) is 31.2 Å². The first kappa shape index (κ1) is 15.2. The molecule has 0 aliphatic carbocycles. The standard InChI is InChI=1S/C15H26N2O/c1-13(11-16)15-7-5-14(6-8-15)12-18-10-4-9-17(2)3/h5-8,13H,4,9-12,16H2,1-3H3. The van der Waals surface area contributed by atoms with Gasteiger partial charge in [0.15, 0.2) is 0 Å². The molecule has 0 aliphatic rings. The molecule has 0 spiro atoms. The molecule has 0 fully saturated rings. The second-order valence-corrected chi connectivity index (χ2v) is 5.09. The molecule has 0 aliphatic heterocycles. The summed E-state index contributed by atoms with van der Waals surface area (Å²) < 4.78 is 5.65. The van der Waals surface area contributed by atoms with E-state index in [0.717, 1.165) is 19.6 Å². The first-order valence-corrected chi connectivity index (χ1v) is 6.65. The largest absolute Gasteiger partial charge is 0.377 e. The molecule has 1 atom stereocenters. The minimum Gasteiger partial charge on any atom is -0.377 e. The lowest BCUT2D eigenvalue weighted by Crippen LogP contribution is -2.14. The fourth-order valence-corrected chi connectivity index (χ4v) is 1.75. The van der Waals surface area contributed by atoms with Crippen molar-refractivity contribution in [1.29, 1.82) is 0 Å². The van der Waals surface area contributed by atoms with Crippen LogP contribution in [0.5, 0.6) is 0 Å². The molecular weight excluding hydrogens is 224 g/mol. The molecule has 0 bridgehead atoms. The topological polar surface area (TPSA) is 38.5 Å². The molecular formula is C15H26N2O. The zero-order valence-corrected chi connectivity index (χ0v) is 11.9. The summed E-state index contributed by atoms with van der Waals surface area (Å²) in [5.74, 6) is 0.431. The highest BCUT2D eigenvalue weighted by Gasteiger charge is 2.02.